The van der Waals surface area contributed by atoms with E-state index in [-0.39, 0.29) is 0 Å². The first-order chi connectivity index (χ1) is 12.7. The van der Waals surface area contributed by atoms with Crippen molar-refractivity contribution in [3.8, 4) is 28.8 Å². The molecule has 0 saturated heterocycles. The molecule has 1 aromatic carbocycles. The molecule has 0 fully saturated rings. The summed E-state index contributed by atoms with van der Waals surface area (Å²) >= 11 is 5.26. The van der Waals surface area contributed by atoms with E-state index in [9.17, 15) is 0 Å². The van der Waals surface area contributed by atoms with Crippen molar-refractivity contribution in [1.29, 1.82) is 0 Å². The number of nitrogens with zero attached hydrogens (tertiary/aromatic N) is 4. The van der Waals surface area contributed by atoms with Gasteiger partial charge in [0.1, 0.15) is 5.69 Å². The number of benzene rings is 1. The monoisotopic (exact) mass is 371 g/mol. The van der Waals surface area contributed by atoms with Crippen molar-refractivity contribution in [2.45, 2.75) is 0 Å². The fourth-order valence-electron chi connectivity index (χ4n) is 2.36. The van der Waals surface area contributed by atoms with Gasteiger partial charge in [-0.15, -0.1) is 0 Å². The lowest BCUT2D eigenvalue weighted by atomic mass is 10.2. The summed E-state index contributed by atoms with van der Waals surface area (Å²) in [6, 6.07) is 9.10. The van der Waals surface area contributed by atoms with Crippen molar-refractivity contribution in [2.75, 3.05) is 21.3 Å². The van der Waals surface area contributed by atoms with Crippen LogP contribution >= 0.6 is 12.2 Å². The van der Waals surface area contributed by atoms with Crippen LogP contribution in [0.5, 0.6) is 17.2 Å². The van der Waals surface area contributed by atoms with Gasteiger partial charge in [-0.3, -0.25) is 4.98 Å². The smallest absolute Gasteiger partial charge is 0.216 e. The number of pyridine rings is 1. The number of H-pyrrole nitrogens is 1. The Hall–Kier alpha value is -3.20. The fraction of sp³-hybridized carbons (Fsp3) is 0.176. The average molecular weight is 371 g/mol. The highest BCUT2D eigenvalue weighted by atomic mass is 32.1. The van der Waals surface area contributed by atoms with Gasteiger partial charge in [0, 0.05) is 11.8 Å². The Bertz CT molecular complexity index is 957. The van der Waals surface area contributed by atoms with Crippen LogP contribution in [0.15, 0.2) is 41.6 Å². The molecule has 1 N–H and O–H groups in total. The molecule has 0 aliphatic rings. The Kier molecular flexibility index (Phi) is 5.28. The summed E-state index contributed by atoms with van der Waals surface area (Å²) in [6.07, 6.45) is 3.31. The molecule has 8 nitrogen and oxygen atoms in total. The normalized spacial score (nSPS) is 10.9. The summed E-state index contributed by atoms with van der Waals surface area (Å²) in [5.41, 5.74) is 1.40. The van der Waals surface area contributed by atoms with Gasteiger partial charge in [-0.2, -0.15) is 14.9 Å². The predicted octanol–water partition coefficient (Wildman–Crippen LogP) is 2.91. The minimum Gasteiger partial charge on any atom is -0.493 e. The maximum atomic E-state index is 5.35. The molecule has 0 spiro atoms. The summed E-state index contributed by atoms with van der Waals surface area (Å²) in [6.45, 7) is 0. The van der Waals surface area contributed by atoms with Crippen LogP contribution in [0, 0.1) is 4.77 Å². The number of hydrogen-bond donors (Lipinski definition) is 1. The van der Waals surface area contributed by atoms with Gasteiger partial charge in [-0.05, 0) is 36.5 Å². The first-order valence-corrected chi connectivity index (χ1v) is 8.02. The second-order valence-corrected chi connectivity index (χ2v) is 5.47. The molecular weight excluding hydrogens is 354 g/mol. The molecule has 134 valence electrons. The molecule has 2 aromatic heterocycles. The van der Waals surface area contributed by atoms with Crippen molar-refractivity contribution in [2.24, 2.45) is 5.10 Å². The summed E-state index contributed by atoms with van der Waals surface area (Å²) in [5, 5.41) is 11.3. The third-order valence-corrected chi connectivity index (χ3v) is 3.82. The maximum Gasteiger partial charge on any atom is 0.216 e. The molecule has 9 heteroatoms. The lowest BCUT2D eigenvalue weighted by Crippen LogP contribution is -1.99. The minimum absolute atomic E-state index is 0.356. The zero-order chi connectivity index (χ0) is 18.5. The lowest BCUT2D eigenvalue weighted by Gasteiger charge is -2.12. The van der Waals surface area contributed by atoms with E-state index in [1.54, 1.807) is 45.9 Å². The molecule has 0 radical (unpaired) electrons. The van der Waals surface area contributed by atoms with Crippen LogP contribution in [0.25, 0.3) is 11.5 Å². The minimum atomic E-state index is 0.356. The van der Waals surface area contributed by atoms with Crippen molar-refractivity contribution in [1.82, 2.24) is 19.9 Å². The molecular formula is C17H17N5O3S. The van der Waals surface area contributed by atoms with Gasteiger partial charge in [0.2, 0.25) is 16.3 Å². The van der Waals surface area contributed by atoms with Gasteiger partial charge >= 0.3 is 0 Å². The predicted molar refractivity (Wildman–Crippen MR) is 99.7 cm³/mol. The summed E-state index contributed by atoms with van der Waals surface area (Å²) in [7, 11) is 4.67. The number of aromatic nitrogens is 4. The van der Waals surface area contributed by atoms with Crippen molar-refractivity contribution in [3.63, 3.8) is 0 Å². The van der Waals surface area contributed by atoms with Gasteiger partial charge in [0.25, 0.3) is 0 Å². The Labute approximate surface area is 155 Å². The van der Waals surface area contributed by atoms with E-state index in [1.165, 1.54) is 4.68 Å². The molecule has 26 heavy (non-hydrogen) atoms. The molecule has 3 aromatic rings. The zero-order valence-corrected chi connectivity index (χ0v) is 15.3. The molecule has 0 aliphatic carbocycles. The third-order valence-electron chi connectivity index (χ3n) is 3.55. The molecule has 0 aliphatic heterocycles. The van der Waals surface area contributed by atoms with E-state index in [0.29, 0.717) is 33.5 Å². The SMILES string of the molecule is COc1cc(C=Nn2c(-c3ccccn3)n[nH]c2=S)cc(OC)c1OC. The van der Waals surface area contributed by atoms with Crippen LogP contribution in [0.1, 0.15) is 5.56 Å². The van der Waals surface area contributed by atoms with Crippen LogP contribution in [0.3, 0.4) is 0 Å². The van der Waals surface area contributed by atoms with Gasteiger partial charge in [-0.1, -0.05) is 6.07 Å². The fourth-order valence-corrected chi connectivity index (χ4v) is 2.54. The standard InChI is InChI=1S/C17H17N5O3S/c1-23-13-8-11(9-14(24-2)15(13)25-3)10-19-22-16(20-21-17(22)26)12-6-4-5-7-18-12/h4-10H,1-3H3,(H,21,26). The Balaban J connectivity index is 2.02. The van der Waals surface area contributed by atoms with E-state index >= 15 is 0 Å². The van der Waals surface area contributed by atoms with E-state index < -0.39 is 0 Å². The Morgan fingerprint density at radius 3 is 2.42 bits per heavy atom. The number of rotatable bonds is 6. The quantitative estimate of drug-likeness (QED) is 0.530. The van der Waals surface area contributed by atoms with E-state index in [0.717, 1.165) is 5.56 Å². The van der Waals surface area contributed by atoms with E-state index in [2.05, 4.69) is 20.3 Å². The van der Waals surface area contributed by atoms with Crippen molar-refractivity contribution >= 4 is 18.4 Å². The molecule has 3 rings (SSSR count). The van der Waals surface area contributed by atoms with Crippen LogP contribution < -0.4 is 14.2 Å². The highest BCUT2D eigenvalue weighted by molar-refractivity contribution is 7.71. The number of ether oxygens (including phenoxy) is 3. The van der Waals surface area contributed by atoms with Crippen molar-refractivity contribution < 1.29 is 14.2 Å². The maximum absolute atomic E-state index is 5.35. The number of nitrogens with one attached hydrogen (secondary N) is 1. The summed E-state index contributed by atoms with van der Waals surface area (Å²) < 4.78 is 17.9. The van der Waals surface area contributed by atoms with E-state index in [1.807, 2.05) is 18.2 Å². The molecule has 0 unspecified atom stereocenters. The largest absolute Gasteiger partial charge is 0.493 e. The van der Waals surface area contributed by atoms with Crippen LogP contribution in [0.2, 0.25) is 0 Å². The lowest BCUT2D eigenvalue weighted by molar-refractivity contribution is 0.324. The average Bonchev–Trinajstić information content (AvgIpc) is 3.06. The Morgan fingerprint density at radius 1 is 1.12 bits per heavy atom. The Morgan fingerprint density at radius 2 is 1.85 bits per heavy atom. The van der Waals surface area contributed by atoms with Crippen LogP contribution in [-0.4, -0.2) is 47.4 Å². The number of hydrogen-bond acceptors (Lipinski definition) is 7. The molecule has 2 heterocycles. The molecule has 0 atom stereocenters. The first-order valence-electron chi connectivity index (χ1n) is 7.61. The van der Waals surface area contributed by atoms with Gasteiger partial charge in [-0.25, -0.2) is 5.10 Å². The summed E-state index contributed by atoms with van der Waals surface area (Å²) in [5.74, 6) is 2.10. The van der Waals surface area contributed by atoms with Crippen molar-refractivity contribution in [3.05, 3.63) is 46.9 Å². The first kappa shape index (κ1) is 17.6. The molecule has 0 amide bonds. The van der Waals surface area contributed by atoms with Crippen LogP contribution in [-0.2, 0) is 0 Å². The number of methoxy groups -OCH3 is 3. The molecule has 0 saturated carbocycles. The molecule has 0 bridgehead atoms. The third kappa shape index (κ3) is 3.42. The highest BCUT2D eigenvalue weighted by Crippen LogP contribution is 2.37. The van der Waals surface area contributed by atoms with Crippen LogP contribution in [0.4, 0.5) is 0 Å². The highest BCUT2D eigenvalue weighted by Gasteiger charge is 2.13. The number of aromatic amines is 1. The summed E-state index contributed by atoms with van der Waals surface area (Å²) in [4.78, 5) is 4.28. The van der Waals surface area contributed by atoms with Gasteiger partial charge in [0.05, 0.1) is 27.5 Å². The second kappa shape index (κ2) is 7.79. The van der Waals surface area contributed by atoms with E-state index in [4.69, 9.17) is 26.4 Å². The topological polar surface area (TPSA) is 86.6 Å². The van der Waals surface area contributed by atoms with Gasteiger partial charge < -0.3 is 14.2 Å². The second-order valence-electron chi connectivity index (χ2n) is 5.08. The van der Waals surface area contributed by atoms with Gasteiger partial charge in [0.15, 0.2) is 11.5 Å². The zero-order valence-electron chi connectivity index (χ0n) is 14.5.